The Morgan fingerprint density at radius 1 is 1.00 bits per heavy atom. The van der Waals surface area contributed by atoms with E-state index in [0.717, 1.165) is 32.8 Å². The van der Waals surface area contributed by atoms with E-state index in [2.05, 4.69) is 21.2 Å². The summed E-state index contributed by atoms with van der Waals surface area (Å²) in [5.74, 6) is 0.236. The molecule has 3 aromatic carbocycles. The molecule has 0 heterocycles. The van der Waals surface area contributed by atoms with E-state index >= 15 is 0 Å². The molecule has 1 N–H and O–H groups in total. The van der Waals surface area contributed by atoms with Gasteiger partial charge in [-0.2, -0.15) is 0 Å². The zero-order valence-corrected chi connectivity index (χ0v) is 21.9. The first kappa shape index (κ1) is 25.8. The van der Waals surface area contributed by atoms with Crippen LogP contribution in [0.3, 0.4) is 0 Å². The summed E-state index contributed by atoms with van der Waals surface area (Å²) >= 11 is 3.62. The number of halogens is 1. The molecule has 0 saturated heterocycles. The summed E-state index contributed by atoms with van der Waals surface area (Å²) in [6, 6.07) is 19.2. The predicted octanol–water partition coefficient (Wildman–Crippen LogP) is 6.01. The summed E-state index contributed by atoms with van der Waals surface area (Å²) in [6.45, 7) is 8.13. The monoisotopic (exact) mass is 524 g/mol. The zero-order chi connectivity index (χ0) is 24.7. The number of benzene rings is 3. The van der Waals surface area contributed by atoms with E-state index in [1.807, 2.05) is 88.4 Å². The topological polar surface area (TPSA) is 58.6 Å². The van der Waals surface area contributed by atoms with E-state index in [-0.39, 0.29) is 24.5 Å². The number of nitrogens with zero attached hydrogens (tertiary/aromatic N) is 1. The average Bonchev–Trinajstić information content (AvgIpc) is 2.84. The van der Waals surface area contributed by atoms with Gasteiger partial charge in [0.25, 0.3) is 5.91 Å². The lowest BCUT2D eigenvalue weighted by molar-refractivity contribution is -0.143. The molecule has 0 aliphatic heterocycles. The summed E-state index contributed by atoms with van der Waals surface area (Å²) in [5.41, 5.74) is 2.09. The lowest BCUT2D eigenvalue weighted by Gasteiger charge is -2.31. The number of nitrogens with one attached hydrogen (secondary N) is 1. The Balaban J connectivity index is 1.84. The van der Waals surface area contributed by atoms with Crippen molar-refractivity contribution in [1.82, 2.24) is 10.2 Å². The van der Waals surface area contributed by atoms with Gasteiger partial charge in [-0.3, -0.25) is 9.59 Å². The Hall–Kier alpha value is -2.86. The molecule has 0 aliphatic carbocycles. The Morgan fingerprint density at radius 2 is 1.71 bits per heavy atom. The van der Waals surface area contributed by atoms with Crippen molar-refractivity contribution >= 4 is 38.5 Å². The number of ether oxygens (including phenoxy) is 1. The van der Waals surface area contributed by atoms with Gasteiger partial charge in [0.05, 0.1) is 4.47 Å². The van der Waals surface area contributed by atoms with E-state index < -0.39 is 6.04 Å². The number of hydrogen-bond donors (Lipinski definition) is 1. The summed E-state index contributed by atoms with van der Waals surface area (Å²) in [7, 11) is 0. The second-order valence-corrected chi connectivity index (χ2v) is 9.37. The van der Waals surface area contributed by atoms with Crippen LogP contribution in [0.25, 0.3) is 10.8 Å². The van der Waals surface area contributed by atoms with Gasteiger partial charge in [-0.15, -0.1) is 0 Å². The van der Waals surface area contributed by atoms with Crippen molar-refractivity contribution in [1.29, 1.82) is 0 Å². The van der Waals surface area contributed by atoms with Crippen LogP contribution in [0.4, 0.5) is 0 Å². The number of hydrogen-bond acceptors (Lipinski definition) is 3. The van der Waals surface area contributed by atoms with Crippen molar-refractivity contribution < 1.29 is 14.3 Å². The molecule has 0 saturated carbocycles. The van der Waals surface area contributed by atoms with Crippen LogP contribution in [0.1, 0.15) is 44.7 Å². The van der Waals surface area contributed by atoms with Crippen LogP contribution in [-0.4, -0.2) is 35.4 Å². The Labute approximate surface area is 210 Å². The molecule has 2 atom stereocenters. The van der Waals surface area contributed by atoms with E-state index in [1.54, 1.807) is 4.90 Å². The van der Waals surface area contributed by atoms with Gasteiger partial charge < -0.3 is 15.0 Å². The molecule has 3 rings (SSSR count). The van der Waals surface area contributed by atoms with Gasteiger partial charge >= 0.3 is 0 Å². The smallest absolute Gasteiger partial charge is 0.261 e. The second-order valence-electron chi connectivity index (χ2n) is 8.58. The van der Waals surface area contributed by atoms with Gasteiger partial charge in [0.1, 0.15) is 11.8 Å². The zero-order valence-electron chi connectivity index (χ0n) is 20.3. The van der Waals surface area contributed by atoms with Crippen molar-refractivity contribution in [3.05, 3.63) is 76.3 Å². The number of carbonyl (C=O) groups is 2. The molecule has 0 spiro atoms. The quantitative estimate of drug-likeness (QED) is 0.353. The molecule has 0 radical (unpaired) electrons. The minimum Gasteiger partial charge on any atom is -0.483 e. The first-order valence-electron chi connectivity index (χ1n) is 11.8. The van der Waals surface area contributed by atoms with E-state index in [0.29, 0.717) is 18.7 Å². The highest BCUT2D eigenvalue weighted by Crippen LogP contribution is 2.33. The van der Waals surface area contributed by atoms with Gasteiger partial charge in [-0.1, -0.05) is 68.4 Å². The largest absolute Gasteiger partial charge is 0.483 e. The fraction of sp³-hybridized carbons (Fsp3) is 0.357. The normalized spacial score (nSPS) is 12.7. The molecule has 0 fully saturated rings. The second kappa shape index (κ2) is 12.0. The maximum absolute atomic E-state index is 13.5. The third kappa shape index (κ3) is 6.17. The van der Waals surface area contributed by atoms with Gasteiger partial charge in [-0.05, 0) is 70.6 Å². The maximum Gasteiger partial charge on any atom is 0.261 e. The molecular formula is C28H33BrN2O3. The van der Waals surface area contributed by atoms with Gasteiger partial charge in [0, 0.05) is 12.6 Å². The lowest BCUT2D eigenvalue weighted by Crippen LogP contribution is -2.51. The molecule has 3 aromatic rings. The molecule has 34 heavy (non-hydrogen) atoms. The van der Waals surface area contributed by atoms with Crippen LogP contribution >= 0.6 is 15.9 Å². The molecule has 0 aliphatic rings. The third-order valence-electron chi connectivity index (χ3n) is 6.17. The van der Waals surface area contributed by atoms with Gasteiger partial charge in [0.15, 0.2) is 6.61 Å². The molecule has 0 aromatic heterocycles. The molecular weight excluding hydrogens is 492 g/mol. The summed E-state index contributed by atoms with van der Waals surface area (Å²) in [4.78, 5) is 28.2. The fourth-order valence-electron chi connectivity index (χ4n) is 3.88. The number of fused-ring (bicyclic) bond motifs is 1. The van der Waals surface area contributed by atoms with Crippen molar-refractivity contribution in [2.45, 2.75) is 59.2 Å². The third-order valence-corrected chi connectivity index (χ3v) is 6.99. The van der Waals surface area contributed by atoms with Crippen LogP contribution in [0.5, 0.6) is 5.75 Å². The number of carbonyl (C=O) groups excluding carboxylic acids is 2. The van der Waals surface area contributed by atoms with Crippen molar-refractivity contribution in [3.8, 4) is 5.75 Å². The summed E-state index contributed by atoms with van der Waals surface area (Å²) < 4.78 is 6.77. The van der Waals surface area contributed by atoms with E-state index in [9.17, 15) is 9.59 Å². The number of rotatable bonds is 10. The number of aryl methyl sites for hydroxylation is 1. The van der Waals surface area contributed by atoms with Crippen molar-refractivity contribution in [2.75, 3.05) is 6.61 Å². The number of amides is 2. The Kier molecular flexibility index (Phi) is 9.11. The average molecular weight is 525 g/mol. The first-order valence-corrected chi connectivity index (χ1v) is 12.6. The van der Waals surface area contributed by atoms with Gasteiger partial charge in [-0.25, -0.2) is 0 Å². The molecule has 0 unspecified atom stereocenters. The Bertz CT molecular complexity index is 1150. The highest BCUT2D eigenvalue weighted by atomic mass is 79.9. The highest BCUT2D eigenvalue weighted by Gasteiger charge is 2.30. The van der Waals surface area contributed by atoms with E-state index in [1.165, 1.54) is 0 Å². The molecule has 0 bridgehead atoms. The summed E-state index contributed by atoms with van der Waals surface area (Å²) in [6.07, 6.45) is 1.34. The minimum absolute atomic E-state index is 0.0433. The molecule has 2 amide bonds. The Morgan fingerprint density at radius 3 is 2.41 bits per heavy atom. The first-order chi connectivity index (χ1) is 16.3. The molecule has 180 valence electrons. The highest BCUT2D eigenvalue weighted by molar-refractivity contribution is 9.10. The van der Waals surface area contributed by atoms with Gasteiger partial charge in [0.2, 0.25) is 5.91 Å². The standard InChI is InChI=1S/C28H33BrN2O3/c1-5-20(4)30-28(33)24(6-2)31(17-22-13-8-7-11-19(22)3)26(32)18-34-25-16-15-21-12-9-10-14-23(21)27(25)29/h7-16,20,24H,5-6,17-18H2,1-4H3,(H,30,33)/t20-,24-/m0/s1. The SMILES string of the molecule is CC[C@H](C)NC(=O)[C@H](CC)N(Cc1ccccc1C)C(=O)COc1ccc2ccccc2c1Br. The van der Waals surface area contributed by atoms with E-state index in [4.69, 9.17) is 4.74 Å². The van der Waals surface area contributed by atoms with Crippen LogP contribution in [0.2, 0.25) is 0 Å². The van der Waals surface area contributed by atoms with Crippen LogP contribution < -0.4 is 10.1 Å². The van der Waals surface area contributed by atoms with Crippen molar-refractivity contribution in [2.24, 2.45) is 0 Å². The van der Waals surface area contributed by atoms with Crippen LogP contribution in [0, 0.1) is 6.92 Å². The molecule has 6 heteroatoms. The minimum atomic E-state index is -0.579. The lowest BCUT2D eigenvalue weighted by atomic mass is 10.1. The fourth-order valence-corrected chi connectivity index (χ4v) is 4.49. The molecule has 5 nitrogen and oxygen atoms in total. The van der Waals surface area contributed by atoms with Crippen LogP contribution in [0.15, 0.2) is 65.1 Å². The predicted molar refractivity (Wildman–Crippen MR) is 141 cm³/mol. The van der Waals surface area contributed by atoms with Crippen LogP contribution in [-0.2, 0) is 16.1 Å². The summed E-state index contributed by atoms with van der Waals surface area (Å²) in [5, 5.41) is 5.14. The maximum atomic E-state index is 13.5. The van der Waals surface area contributed by atoms with Crippen molar-refractivity contribution in [3.63, 3.8) is 0 Å².